The van der Waals surface area contributed by atoms with E-state index in [-0.39, 0.29) is 5.91 Å². The summed E-state index contributed by atoms with van der Waals surface area (Å²) < 4.78 is 0. The molecule has 0 unspecified atom stereocenters. The molecular weight excluding hydrogens is 150 g/mol. The molecule has 0 atom stereocenters. The van der Waals surface area contributed by atoms with Crippen LogP contribution in [0.4, 0.5) is 0 Å². The van der Waals surface area contributed by atoms with Gasteiger partial charge in [0.2, 0.25) is 5.91 Å². The van der Waals surface area contributed by atoms with E-state index in [0.717, 1.165) is 0 Å². The summed E-state index contributed by atoms with van der Waals surface area (Å²) in [6.45, 7) is 3.52. The summed E-state index contributed by atoms with van der Waals surface area (Å²) in [5, 5.41) is 2.47. The molecule has 0 saturated carbocycles. The van der Waals surface area contributed by atoms with Crippen molar-refractivity contribution in [2.45, 2.75) is 0 Å². The molecule has 0 spiro atoms. The van der Waals surface area contributed by atoms with Crippen LogP contribution in [0.5, 0.6) is 0 Å². The van der Waals surface area contributed by atoms with Crippen molar-refractivity contribution in [1.29, 1.82) is 0 Å². The lowest BCUT2D eigenvalue weighted by Crippen LogP contribution is -2.13. The highest BCUT2D eigenvalue weighted by Crippen LogP contribution is 1.80. The van der Waals surface area contributed by atoms with Crippen LogP contribution in [0.2, 0.25) is 0 Å². The largest absolute Gasteiger partial charge is 0.356 e. The van der Waals surface area contributed by atoms with Gasteiger partial charge in [0.1, 0.15) is 0 Å². The first-order valence-electron chi connectivity index (χ1n) is 3.65. The Hall–Kier alpha value is -1.57. The Kier molecular flexibility index (Phi) is 6.55. The number of hydrogen-bond acceptors (Lipinski definition) is 1. The van der Waals surface area contributed by atoms with Crippen molar-refractivity contribution in [3.05, 3.63) is 49.1 Å². The molecule has 0 saturated heterocycles. The van der Waals surface area contributed by atoms with Gasteiger partial charge in [-0.15, -0.1) is 0 Å². The number of rotatable bonds is 4. The van der Waals surface area contributed by atoms with E-state index in [1.807, 2.05) is 18.2 Å². The number of likely N-dealkylation sites (N-methyl/N-ethyl adjacent to an activating group) is 1. The van der Waals surface area contributed by atoms with Crippen LogP contribution >= 0.6 is 0 Å². The molecule has 0 aromatic rings. The monoisotopic (exact) mass is 163 g/mol. The van der Waals surface area contributed by atoms with Crippen LogP contribution in [0.15, 0.2) is 49.1 Å². The fraction of sp³-hybridized carbons (Fsp3) is 0.100. The van der Waals surface area contributed by atoms with Crippen molar-refractivity contribution in [2.24, 2.45) is 0 Å². The minimum atomic E-state index is -0.104. The van der Waals surface area contributed by atoms with Gasteiger partial charge in [0, 0.05) is 13.1 Å². The number of hydrogen-bond donors (Lipinski definition) is 1. The predicted octanol–water partition coefficient (Wildman–Crippen LogP) is 1.59. The highest BCUT2D eigenvalue weighted by molar-refractivity contribution is 5.87. The Morgan fingerprint density at radius 2 is 1.75 bits per heavy atom. The molecule has 0 radical (unpaired) electrons. The van der Waals surface area contributed by atoms with Gasteiger partial charge >= 0.3 is 0 Å². The number of nitrogens with one attached hydrogen (secondary N) is 1. The third-order valence-electron chi connectivity index (χ3n) is 1.07. The average molecular weight is 163 g/mol. The van der Waals surface area contributed by atoms with E-state index in [4.69, 9.17) is 0 Å². The lowest BCUT2D eigenvalue weighted by molar-refractivity contribution is -0.116. The molecule has 0 aromatic heterocycles. The van der Waals surface area contributed by atoms with Crippen molar-refractivity contribution >= 4 is 5.91 Å². The summed E-state index contributed by atoms with van der Waals surface area (Å²) in [5.41, 5.74) is 0. The molecule has 0 heterocycles. The van der Waals surface area contributed by atoms with Gasteiger partial charge in [0.25, 0.3) is 0 Å². The molecule has 0 aromatic carbocycles. The number of carbonyl (C=O) groups is 1. The minimum Gasteiger partial charge on any atom is -0.356 e. The normalized spacial score (nSPS) is 11.4. The van der Waals surface area contributed by atoms with E-state index in [0.29, 0.717) is 0 Å². The SMILES string of the molecule is C=CC=CC=CC=CC(=O)NC. The Labute approximate surface area is 73.0 Å². The van der Waals surface area contributed by atoms with Gasteiger partial charge in [-0.3, -0.25) is 4.79 Å². The Bertz CT molecular complexity index is 224. The molecule has 64 valence electrons. The molecule has 0 aliphatic heterocycles. The van der Waals surface area contributed by atoms with Gasteiger partial charge in [-0.25, -0.2) is 0 Å². The van der Waals surface area contributed by atoms with E-state index in [1.54, 1.807) is 25.3 Å². The maximum absolute atomic E-state index is 10.6. The lowest BCUT2D eigenvalue weighted by Gasteiger charge is -1.85. The molecular formula is C10H13NO. The van der Waals surface area contributed by atoms with Crippen molar-refractivity contribution in [1.82, 2.24) is 5.32 Å². The van der Waals surface area contributed by atoms with Crippen LogP contribution in [0, 0.1) is 0 Å². The van der Waals surface area contributed by atoms with Gasteiger partial charge in [-0.05, 0) is 0 Å². The van der Waals surface area contributed by atoms with Gasteiger partial charge in [-0.1, -0.05) is 43.0 Å². The van der Waals surface area contributed by atoms with E-state index < -0.39 is 0 Å². The Morgan fingerprint density at radius 1 is 1.17 bits per heavy atom. The summed E-state index contributed by atoms with van der Waals surface area (Å²) in [6.07, 6.45) is 12.1. The Morgan fingerprint density at radius 3 is 2.33 bits per heavy atom. The second-order valence-electron chi connectivity index (χ2n) is 1.98. The number of allylic oxidation sites excluding steroid dienone is 6. The summed E-state index contributed by atoms with van der Waals surface area (Å²) in [6, 6.07) is 0. The van der Waals surface area contributed by atoms with Crippen molar-refractivity contribution in [2.75, 3.05) is 7.05 Å². The van der Waals surface area contributed by atoms with E-state index in [1.165, 1.54) is 6.08 Å². The standard InChI is InChI=1S/C10H13NO/c1-3-4-5-6-7-8-9-10(12)11-2/h3-9H,1H2,2H3,(H,11,12). The minimum absolute atomic E-state index is 0.104. The van der Waals surface area contributed by atoms with Crippen molar-refractivity contribution in [3.8, 4) is 0 Å². The average Bonchev–Trinajstić information content (AvgIpc) is 2.10. The molecule has 1 amide bonds. The maximum Gasteiger partial charge on any atom is 0.243 e. The van der Waals surface area contributed by atoms with Gasteiger partial charge in [0.05, 0.1) is 0 Å². The summed E-state index contributed by atoms with van der Waals surface area (Å²) in [5.74, 6) is -0.104. The third kappa shape index (κ3) is 6.55. The van der Waals surface area contributed by atoms with Crippen LogP contribution in [0.1, 0.15) is 0 Å². The summed E-state index contributed by atoms with van der Waals surface area (Å²) in [7, 11) is 1.59. The Balaban J connectivity index is 3.73. The molecule has 2 heteroatoms. The first kappa shape index (κ1) is 10.4. The second kappa shape index (κ2) is 7.54. The fourth-order valence-corrected chi connectivity index (χ4v) is 0.497. The number of amides is 1. The van der Waals surface area contributed by atoms with E-state index in [2.05, 4.69) is 11.9 Å². The third-order valence-corrected chi connectivity index (χ3v) is 1.07. The van der Waals surface area contributed by atoms with Crippen LogP contribution in [0.3, 0.4) is 0 Å². The van der Waals surface area contributed by atoms with Crippen LogP contribution < -0.4 is 5.32 Å². The second-order valence-corrected chi connectivity index (χ2v) is 1.98. The molecule has 0 rings (SSSR count). The first-order valence-corrected chi connectivity index (χ1v) is 3.65. The zero-order valence-corrected chi connectivity index (χ0v) is 7.16. The summed E-state index contributed by atoms with van der Waals surface area (Å²) in [4.78, 5) is 10.6. The molecule has 0 bridgehead atoms. The highest BCUT2D eigenvalue weighted by atomic mass is 16.1. The zero-order chi connectivity index (χ0) is 9.23. The first-order chi connectivity index (χ1) is 5.81. The van der Waals surface area contributed by atoms with Gasteiger partial charge in [0.15, 0.2) is 0 Å². The van der Waals surface area contributed by atoms with E-state index in [9.17, 15) is 4.79 Å². The van der Waals surface area contributed by atoms with Crippen molar-refractivity contribution < 1.29 is 4.79 Å². The molecule has 0 aliphatic carbocycles. The molecule has 0 fully saturated rings. The fourth-order valence-electron chi connectivity index (χ4n) is 0.497. The van der Waals surface area contributed by atoms with Gasteiger partial charge < -0.3 is 5.32 Å². The number of carbonyl (C=O) groups excluding carboxylic acids is 1. The summed E-state index contributed by atoms with van der Waals surface area (Å²) >= 11 is 0. The van der Waals surface area contributed by atoms with Crippen LogP contribution in [-0.4, -0.2) is 13.0 Å². The molecule has 2 nitrogen and oxygen atoms in total. The van der Waals surface area contributed by atoms with Crippen LogP contribution in [-0.2, 0) is 4.79 Å². The highest BCUT2D eigenvalue weighted by Gasteiger charge is 1.82. The topological polar surface area (TPSA) is 29.1 Å². The zero-order valence-electron chi connectivity index (χ0n) is 7.16. The predicted molar refractivity (Wildman–Crippen MR) is 51.7 cm³/mol. The quantitative estimate of drug-likeness (QED) is 0.495. The van der Waals surface area contributed by atoms with E-state index >= 15 is 0 Å². The van der Waals surface area contributed by atoms with Gasteiger partial charge in [-0.2, -0.15) is 0 Å². The smallest absolute Gasteiger partial charge is 0.243 e. The molecule has 1 N–H and O–H groups in total. The molecule has 12 heavy (non-hydrogen) atoms. The van der Waals surface area contributed by atoms with Crippen LogP contribution in [0.25, 0.3) is 0 Å². The van der Waals surface area contributed by atoms with Crippen molar-refractivity contribution in [3.63, 3.8) is 0 Å². The molecule has 0 aliphatic rings. The lowest BCUT2D eigenvalue weighted by atomic mass is 10.4. The maximum atomic E-state index is 10.6.